The molecule has 0 aliphatic carbocycles. The maximum Gasteiger partial charge on any atom is 0.275 e. The van der Waals surface area contributed by atoms with Crippen molar-refractivity contribution in [3.8, 4) is 10.4 Å². The lowest BCUT2D eigenvalue weighted by molar-refractivity contribution is 0.0732. The molecule has 1 saturated heterocycles. The number of para-hydroxylation sites is 1. The summed E-state index contributed by atoms with van der Waals surface area (Å²) in [5, 5.41) is 3.70. The van der Waals surface area contributed by atoms with Gasteiger partial charge in [0.15, 0.2) is 11.5 Å². The van der Waals surface area contributed by atoms with E-state index < -0.39 is 0 Å². The molecule has 0 bridgehead atoms. The first-order valence-electron chi connectivity index (χ1n) is 10.7. The fraction of sp³-hybridized carbons (Fsp3) is 0.250. The van der Waals surface area contributed by atoms with E-state index in [9.17, 15) is 14.0 Å². The number of amides is 2. The molecule has 2 aromatic heterocycles. The molecule has 0 saturated carbocycles. The predicted molar refractivity (Wildman–Crippen MR) is 131 cm³/mol. The van der Waals surface area contributed by atoms with Crippen molar-refractivity contribution >= 4 is 46.0 Å². The van der Waals surface area contributed by atoms with Crippen molar-refractivity contribution in [3.05, 3.63) is 70.4 Å². The molecule has 174 valence electrons. The summed E-state index contributed by atoms with van der Waals surface area (Å²) in [6.07, 6.45) is 0. The lowest BCUT2D eigenvalue weighted by Gasteiger charge is -2.23. The Morgan fingerprint density at radius 3 is 2.76 bits per heavy atom. The topological polar surface area (TPSA) is 88.3 Å². The molecular weight excluding hydrogens is 475 g/mol. The number of oxazole rings is 1. The van der Waals surface area contributed by atoms with Gasteiger partial charge in [0, 0.05) is 19.2 Å². The molecule has 1 aliphatic heterocycles. The van der Waals surface area contributed by atoms with Gasteiger partial charge in [-0.2, -0.15) is 0 Å². The van der Waals surface area contributed by atoms with Crippen molar-refractivity contribution < 1.29 is 18.4 Å². The number of rotatable bonds is 5. The molecule has 0 spiro atoms. The molecule has 1 N–H and O–H groups in total. The van der Waals surface area contributed by atoms with Crippen molar-refractivity contribution in [2.75, 3.05) is 18.2 Å². The Balaban J connectivity index is 1.33. The fourth-order valence-electron chi connectivity index (χ4n) is 3.93. The van der Waals surface area contributed by atoms with Crippen LogP contribution in [0, 0.1) is 19.7 Å². The van der Waals surface area contributed by atoms with E-state index in [0.29, 0.717) is 46.4 Å². The summed E-state index contributed by atoms with van der Waals surface area (Å²) in [6.45, 7) is 3.88. The summed E-state index contributed by atoms with van der Waals surface area (Å²) in [4.78, 5) is 37.6. The molecule has 34 heavy (non-hydrogen) atoms. The van der Waals surface area contributed by atoms with Crippen LogP contribution in [0.5, 0.6) is 0 Å². The number of halogens is 1. The first-order valence-corrected chi connectivity index (χ1v) is 12.6. The molecule has 3 heterocycles. The third-order valence-electron chi connectivity index (χ3n) is 5.55. The van der Waals surface area contributed by atoms with Crippen molar-refractivity contribution in [3.63, 3.8) is 0 Å². The second kappa shape index (κ2) is 9.19. The standard InChI is InChI=1S/C24H21FN4O3S2/c1-13-27-19-5-3-4-18(21(19)32-13)23(30)26-10-17-11-33-12-29(17)24(31)20-22(34-14(2)28-20)15-6-8-16(25)9-7-15/h3-9,17H,10-12H2,1-2H3,(H,26,30)/t17-/m1/s1. The lowest BCUT2D eigenvalue weighted by Crippen LogP contribution is -2.44. The molecule has 7 nitrogen and oxygen atoms in total. The zero-order valence-electron chi connectivity index (χ0n) is 18.5. The highest BCUT2D eigenvalue weighted by atomic mass is 32.2. The number of carbonyl (C=O) groups is 2. The van der Waals surface area contributed by atoms with Gasteiger partial charge in [0.25, 0.3) is 11.8 Å². The Kier molecular flexibility index (Phi) is 6.09. The number of hydrogen-bond acceptors (Lipinski definition) is 7. The smallest absolute Gasteiger partial charge is 0.275 e. The normalized spacial score (nSPS) is 15.7. The van der Waals surface area contributed by atoms with Gasteiger partial charge in [-0.3, -0.25) is 9.59 Å². The molecule has 0 unspecified atom stereocenters. The highest BCUT2D eigenvalue weighted by molar-refractivity contribution is 7.99. The molecule has 4 aromatic rings. The summed E-state index contributed by atoms with van der Waals surface area (Å²) in [7, 11) is 0. The third-order valence-corrected chi connectivity index (χ3v) is 7.65. The average Bonchev–Trinajstić information content (AvgIpc) is 3.54. The van der Waals surface area contributed by atoms with Crippen LogP contribution in [0.4, 0.5) is 4.39 Å². The number of thiazole rings is 1. The summed E-state index contributed by atoms with van der Waals surface area (Å²) >= 11 is 3.03. The van der Waals surface area contributed by atoms with Crippen molar-refractivity contribution in [1.29, 1.82) is 0 Å². The number of nitrogens with zero attached hydrogens (tertiary/aromatic N) is 3. The van der Waals surface area contributed by atoms with Gasteiger partial charge in [0.1, 0.15) is 17.0 Å². The molecule has 2 amide bonds. The molecule has 2 aromatic carbocycles. The monoisotopic (exact) mass is 496 g/mol. The minimum Gasteiger partial charge on any atom is -0.440 e. The number of fused-ring (bicyclic) bond motifs is 1. The Morgan fingerprint density at radius 2 is 1.97 bits per heavy atom. The lowest BCUT2D eigenvalue weighted by atomic mass is 10.1. The van der Waals surface area contributed by atoms with Gasteiger partial charge in [-0.05, 0) is 36.8 Å². The first kappa shape index (κ1) is 22.5. The Labute approximate surface area is 203 Å². The van der Waals surface area contributed by atoms with Crippen LogP contribution in [-0.2, 0) is 0 Å². The summed E-state index contributed by atoms with van der Waals surface area (Å²) in [5.41, 5.74) is 2.60. The molecule has 1 fully saturated rings. The van der Waals surface area contributed by atoms with Crippen molar-refractivity contribution in [1.82, 2.24) is 20.2 Å². The number of benzene rings is 2. The zero-order chi connectivity index (χ0) is 23.8. The minimum atomic E-state index is -0.333. The molecule has 1 aliphatic rings. The van der Waals surface area contributed by atoms with Crippen LogP contribution in [0.1, 0.15) is 31.7 Å². The quantitative estimate of drug-likeness (QED) is 0.433. The predicted octanol–water partition coefficient (Wildman–Crippen LogP) is 4.65. The highest BCUT2D eigenvalue weighted by Gasteiger charge is 2.33. The second-order valence-electron chi connectivity index (χ2n) is 7.94. The van der Waals surface area contributed by atoms with Crippen LogP contribution in [-0.4, -0.2) is 50.9 Å². The van der Waals surface area contributed by atoms with Gasteiger partial charge in [0.05, 0.1) is 27.4 Å². The second-order valence-corrected chi connectivity index (χ2v) is 10.1. The van der Waals surface area contributed by atoms with E-state index in [0.717, 1.165) is 15.4 Å². The van der Waals surface area contributed by atoms with Crippen LogP contribution in [0.15, 0.2) is 46.9 Å². The van der Waals surface area contributed by atoms with Gasteiger partial charge < -0.3 is 14.6 Å². The van der Waals surface area contributed by atoms with Crippen LogP contribution in [0.25, 0.3) is 21.5 Å². The van der Waals surface area contributed by atoms with E-state index in [1.807, 2.05) is 6.92 Å². The van der Waals surface area contributed by atoms with Gasteiger partial charge in [-0.15, -0.1) is 23.1 Å². The Morgan fingerprint density at radius 1 is 1.18 bits per heavy atom. The van der Waals surface area contributed by atoms with E-state index in [-0.39, 0.29) is 23.7 Å². The van der Waals surface area contributed by atoms with Crippen molar-refractivity contribution in [2.24, 2.45) is 0 Å². The number of thioether (sulfide) groups is 1. The molecule has 0 radical (unpaired) electrons. The van der Waals surface area contributed by atoms with E-state index in [4.69, 9.17) is 4.42 Å². The number of aromatic nitrogens is 2. The van der Waals surface area contributed by atoms with Gasteiger partial charge in [-0.1, -0.05) is 18.2 Å². The average molecular weight is 497 g/mol. The largest absolute Gasteiger partial charge is 0.440 e. The van der Waals surface area contributed by atoms with Gasteiger partial charge >= 0.3 is 0 Å². The molecule has 5 rings (SSSR count). The maximum atomic E-state index is 13.5. The van der Waals surface area contributed by atoms with Crippen LogP contribution < -0.4 is 5.32 Å². The van der Waals surface area contributed by atoms with E-state index in [1.165, 1.54) is 23.5 Å². The first-order chi connectivity index (χ1) is 16.4. The Hall–Kier alpha value is -3.24. The van der Waals surface area contributed by atoms with Crippen molar-refractivity contribution in [2.45, 2.75) is 19.9 Å². The number of nitrogens with one attached hydrogen (secondary N) is 1. The fourth-order valence-corrected chi connectivity index (χ4v) is 6.04. The van der Waals surface area contributed by atoms with Crippen LogP contribution in [0.3, 0.4) is 0 Å². The van der Waals surface area contributed by atoms with Gasteiger partial charge in [0.2, 0.25) is 0 Å². The van der Waals surface area contributed by atoms with E-state index in [2.05, 4.69) is 15.3 Å². The molecule has 1 atom stereocenters. The summed E-state index contributed by atoms with van der Waals surface area (Å²) in [5.74, 6) is 0.904. The highest BCUT2D eigenvalue weighted by Crippen LogP contribution is 2.33. The Bertz CT molecular complexity index is 1380. The molecule has 10 heteroatoms. The maximum absolute atomic E-state index is 13.5. The minimum absolute atomic E-state index is 0.180. The summed E-state index contributed by atoms with van der Waals surface area (Å²) < 4.78 is 19.0. The number of aryl methyl sites for hydroxylation is 2. The van der Waals surface area contributed by atoms with Crippen LogP contribution in [0.2, 0.25) is 0 Å². The SMILES string of the molecule is Cc1nc2cccc(C(=O)NC[C@@H]3CSCN3C(=O)c3nc(C)sc3-c3ccc(F)cc3)c2o1. The summed E-state index contributed by atoms with van der Waals surface area (Å²) in [6, 6.07) is 11.1. The number of carbonyl (C=O) groups excluding carboxylic acids is 2. The molecular formula is C24H21FN4O3S2. The van der Waals surface area contributed by atoms with Gasteiger partial charge in [-0.25, -0.2) is 14.4 Å². The zero-order valence-corrected chi connectivity index (χ0v) is 20.1. The van der Waals surface area contributed by atoms with E-state index >= 15 is 0 Å². The van der Waals surface area contributed by atoms with Crippen LogP contribution >= 0.6 is 23.1 Å². The number of hydrogen-bond donors (Lipinski definition) is 1. The van der Waals surface area contributed by atoms with E-state index in [1.54, 1.807) is 53.9 Å². The third kappa shape index (κ3) is 4.30.